The van der Waals surface area contributed by atoms with Crippen molar-refractivity contribution in [3.63, 3.8) is 0 Å². The van der Waals surface area contributed by atoms with Gasteiger partial charge < -0.3 is 10.1 Å². The van der Waals surface area contributed by atoms with E-state index in [1.165, 1.54) is 12.1 Å². The van der Waals surface area contributed by atoms with Crippen LogP contribution in [-0.2, 0) is 9.53 Å². The maximum Gasteiger partial charge on any atom is 0.450 e. The largest absolute Gasteiger partial charge is 0.450 e. The molecule has 0 aliphatic heterocycles. The van der Waals surface area contributed by atoms with Crippen LogP contribution in [0, 0.1) is 0 Å². The molecule has 0 spiro atoms. The minimum atomic E-state index is -5.02. The van der Waals surface area contributed by atoms with Crippen LogP contribution < -0.4 is 5.32 Å². The minimum Gasteiger partial charge on any atom is -0.449 e. The van der Waals surface area contributed by atoms with Crippen LogP contribution in [-0.4, -0.2) is 37.0 Å². The standard InChI is InChI=1S/C29H24F3NO4/c30-29(31,32)27(35)17-26(34)20-14-12-19(13-15-20)7-5-6-16-33-28(36)37-18-25-23-10-3-1-8-21(23)22-9-2-4-11-24(22)25/h1-5,7-15,25H,6,16-18H2,(H,33,36). The SMILES string of the molecule is O=C(NCCC=Cc1ccc(C(=O)CC(=O)C(F)(F)F)cc1)OCC1c2ccccc2-c2ccccc21. The Hall–Kier alpha value is -4.20. The van der Waals surface area contributed by atoms with E-state index in [0.717, 1.165) is 27.8 Å². The number of fused-ring (bicyclic) bond motifs is 3. The lowest BCUT2D eigenvalue weighted by Crippen LogP contribution is -2.26. The number of rotatable bonds is 9. The van der Waals surface area contributed by atoms with E-state index >= 15 is 0 Å². The third-order valence-corrected chi connectivity index (χ3v) is 6.10. The lowest BCUT2D eigenvalue weighted by Gasteiger charge is -2.14. The van der Waals surface area contributed by atoms with Gasteiger partial charge in [0.15, 0.2) is 5.78 Å². The lowest BCUT2D eigenvalue weighted by atomic mass is 9.98. The van der Waals surface area contributed by atoms with Gasteiger partial charge in [-0.25, -0.2) is 4.79 Å². The molecule has 4 rings (SSSR count). The van der Waals surface area contributed by atoms with Crippen molar-refractivity contribution in [3.05, 3.63) is 101 Å². The van der Waals surface area contributed by atoms with E-state index in [2.05, 4.69) is 29.6 Å². The average Bonchev–Trinajstić information content (AvgIpc) is 3.20. The topological polar surface area (TPSA) is 72.5 Å². The fourth-order valence-corrected chi connectivity index (χ4v) is 4.25. The number of alkyl carbamates (subject to hydrolysis) is 1. The Morgan fingerprint density at radius 3 is 2.05 bits per heavy atom. The Morgan fingerprint density at radius 1 is 0.865 bits per heavy atom. The van der Waals surface area contributed by atoms with Gasteiger partial charge in [0.1, 0.15) is 6.61 Å². The minimum absolute atomic E-state index is 0.0144. The predicted octanol–water partition coefficient (Wildman–Crippen LogP) is 6.33. The van der Waals surface area contributed by atoms with Gasteiger partial charge in [0, 0.05) is 18.0 Å². The normalized spacial score (nSPS) is 12.7. The molecule has 0 unspecified atom stereocenters. The number of hydrogen-bond acceptors (Lipinski definition) is 4. The van der Waals surface area contributed by atoms with E-state index in [4.69, 9.17) is 4.74 Å². The van der Waals surface area contributed by atoms with E-state index in [-0.39, 0.29) is 18.1 Å². The molecule has 0 heterocycles. The van der Waals surface area contributed by atoms with Gasteiger partial charge >= 0.3 is 12.3 Å². The van der Waals surface area contributed by atoms with Crippen LogP contribution in [0.4, 0.5) is 18.0 Å². The molecular formula is C29H24F3NO4. The van der Waals surface area contributed by atoms with Crippen LogP contribution >= 0.6 is 0 Å². The maximum atomic E-state index is 12.3. The molecule has 0 saturated heterocycles. The molecule has 3 aromatic carbocycles. The van der Waals surface area contributed by atoms with Gasteiger partial charge in [-0.15, -0.1) is 0 Å². The number of ether oxygens (including phenoxy) is 1. The Morgan fingerprint density at radius 2 is 1.46 bits per heavy atom. The van der Waals surface area contributed by atoms with Crippen molar-refractivity contribution in [3.8, 4) is 11.1 Å². The lowest BCUT2D eigenvalue weighted by molar-refractivity contribution is -0.170. The van der Waals surface area contributed by atoms with Gasteiger partial charge in [-0.05, 0) is 34.2 Å². The smallest absolute Gasteiger partial charge is 0.449 e. The zero-order chi connectivity index (χ0) is 26.4. The molecule has 5 nitrogen and oxygen atoms in total. The van der Waals surface area contributed by atoms with Gasteiger partial charge in [-0.3, -0.25) is 9.59 Å². The number of nitrogens with one attached hydrogen (secondary N) is 1. The Labute approximate surface area is 212 Å². The van der Waals surface area contributed by atoms with Crippen LogP contribution in [0.25, 0.3) is 17.2 Å². The fourth-order valence-electron chi connectivity index (χ4n) is 4.25. The highest BCUT2D eigenvalue weighted by atomic mass is 19.4. The van der Waals surface area contributed by atoms with Crippen molar-refractivity contribution in [1.29, 1.82) is 0 Å². The molecule has 37 heavy (non-hydrogen) atoms. The molecule has 1 N–H and O–H groups in total. The number of amides is 1. The van der Waals surface area contributed by atoms with Gasteiger partial charge in [0.2, 0.25) is 5.78 Å². The first-order chi connectivity index (χ1) is 17.7. The van der Waals surface area contributed by atoms with Crippen molar-refractivity contribution in [1.82, 2.24) is 5.32 Å². The number of benzene rings is 3. The van der Waals surface area contributed by atoms with Crippen LogP contribution in [0.5, 0.6) is 0 Å². The molecule has 1 aliphatic rings. The summed E-state index contributed by atoms with van der Waals surface area (Å²) in [5, 5.41) is 2.71. The van der Waals surface area contributed by atoms with E-state index in [1.54, 1.807) is 18.2 Å². The van der Waals surface area contributed by atoms with Crippen LogP contribution in [0.1, 0.15) is 45.8 Å². The second kappa shape index (κ2) is 11.2. The van der Waals surface area contributed by atoms with Gasteiger partial charge in [0.05, 0.1) is 6.42 Å². The van der Waals surface area contributed by atoms with Crippen molar-refractivity contribution in [2.75, 3.05) is 13.2 Å². The molecule has 3 aromatic rings. The van der Waals surface area contributed by atoms with Crippen molar-refractivity contribution in [2.45, 2.75) is 24.9 Å². The van der Waals surface area contributed by atoms with Crippen LogP contribution in [0.15, 0.2) is 78.9 Å². The second-order valence-electron chi connectivity index (χ2n) is 8.59. The van der Waals surface area contributed by atoms with Crippen LogP contribution in [0.2, 0.25) is 0 Å². The van der Waals surface area contributed by atoms with Crippen LogP contribution in [0.3, 0.4) is 0 Å². The Bertz CT molecular complexity index is 1280. The van der Waals surface area contributed by atoms with Gasteiger partial charge in [-0.1, -0.05) is 84.9 Å². The summed E-state index contributed by atoms with van der Waals surface area (Å²) in [6.07, 6.45) is -2.65. The summed E-state index contributed by atoms with van der Waals surface area (Å²) in [5.41, 5.74) is 5.35. The van der Waals surface area contributed by atoms with E-state index in [1.807, 2.05) is 30.3 Å². The number of carbonyl (C=O) groups is 3. The summed E-state index contributed by atoms with van der Waals surface area (Å²) in [5.74, 6) is -2.96. The number of alkyl halides is 3. The Kier molecular flexibility index (Phi) is 7.86. The maximum absolute atomic E-state index is 12.3. The zero-order valence-electron chi connectivity index (χ0n) is 19.8. The summed E-state index contributed by atoms with van der Waals surface area (Å²) in [4.78, 5) is 35.0. The summed E-state index contributed by atoms with van der Waals surface area (Å²) in [6, 6.07) is 22.1. The molecular weight excluding hydrogens is 483 g/mol. The Balaban J connectivity index is 1.21. The highest BCUT2D eigenvalue weighted by Gasteiger charge is 2.39. The summed E-state index contributed by atoms with van der Waals surface area (Å²) < 4.78 is 42.4. The summed E-state index contributed by atoms with van der Waals surface area (Å²) in [6.45, 7) is 0.582. The molecule has 190 valence electrons. The zero-order valence-corrected chi connectivity index (χ0v) is 19.8. The first-order valence-corrected chi connectivity index (χ1v) is 11.7. The fraction of sp³-hybridized carbons (Fsp3) is 0.207. The van der Waals surface area contributed by atoms with Crippen molar-refractivity contribution < 1.29 is 32.3 Å². The first-order valence-electron chi connectivity index (χ1n) is 11.7. The average molecular weight is 508 g/mol. The molecule has 1 amide bonds. The molecule has 0 fully saturated rings. The third-order valence-electron chi connectivity index (χ3n) is 6.10. The molecule has 8 heteroatoms. The molecule has 0 radical (unpaired) electrons. The van der Waals surface area contributed by atoms with E-state index in [9.17, 15) is 27.6 Å². The number of hydrogen-bond donors (Lipinski definition) is 1. The summed E-state index contributed by atoms with van der Waals surface area (Å²) in [7, 11) is 0. The van der Waals surface area contributed by atoms with Gasteiger partial charge in [0.25, 0.3) is 0 Å². The number of halogens is 3. The molecule has 0 bridgehead atoms. The summed E-state index contributed by atoms with van der Waals surface area (Å²) >= 11 is 0. The number of carbonyl (C=O) groups excluding carboxylic acids is 3. The van der Waals surface area contributed by atoms with Crippen molar-refractivity contribution >= 4 is 23.7 Å². The van der Waals surface area contributed by atoms with Crippen molar-refractivity contribution in [2.24, 2.45) is 0 Å². The highest BCUT2D eigenvalue weighted by molar-refractivity contribution is 6.09. The molecule has 0 atom stereocenters. The van der Waals surface area contributed by atoms with Gasteiger partial charge in [-0.2, -0.15) is 13.2 Å². The quantitative estimate of drug-likeness (QED) is 0.209. The predicted molar refractivity (Wildman–Crippen MR) is 133 cm³/mol. The number of Topliss-reactive ketones (excluding diaryl/α,β-unsaturated/α-hetero) is 2. The number of ketones is 2. The third kappa shape index (κ3) is 6.33. The monoisotopic (exact) mass is 507 g/mol. The highest BCUT2D eigenvalue weighted by Crippen LogP contribution is 2.44. The molecule has 1 aliphatic carbocycles. The van der Waals surface area contributed by atoms with E-state index < -0.39 is 30.3 Å². The molecule has 0 aromatic heterocycles. The molecule has 0 saturated carbocycles. The van der Waals surface area contributed by atoms with E-state index in [0.29, 0.717) is 13.0 Å². The first kappa shape index (κ1) is 25.9. The second-order valence-corrected chi connectivity index (χ2v) is 8.59.